The van der Waals surface area contributed by atoms with Gasteiger partial charge in [0.1, 0.15) is 17.5 Å². The molecule has 2 aromatic carbocycles. The minimum atomic E-state index is -0.407. The number of allylic oxidation sites excluding steroid dienone is 1. The van der Waals surface area contributed by atoms with Crippen molar-refractivity contribution in [2.75, 3.05) is 39.9 Å². The molecule has 2 amide bonds. The number of hydrogen-bond acceptors (Lipinski definition) is 8. The number of aliphatic imine (C=N–C) groups is 1. The van der Waals surface area contributed by atoms with Crippen LogP contribution >= 0.6 is 0 Å². The topological polar surface area (TPSA) is 139 Å². The molecule has 2 fully saturated rings. The molecular formula is C40H52N9O3+. The summed E-state index contributed by atoms with van der Waals surface area (Å²) in [7, 11) is 2.14. The molecule has 0 bridgehead atoms. The van der Waals surface area contributed by atoms with E-state index < -0.39 is 6.03 Å². The molecular weight excluding hydrogens is 654 g/mol. The van der Waals surface area contributed by atoms with Crippen molar-refractivity contribution in [2.24, 2.45) is 16.1 Å². The number of nitrogens with two attached hydrogens (primary N) is 2. The molecule has 0 saturated carbocycles. The summed E-state index contributed by atoms with van der Waals surface area (Å²) < 4.78 is 14.2. The number of likely N-dealkylation sites (tertiary alicyclic amines) is 1. The number of carbonyl (C=O) groups excluding carboxylic acids is 1. The van der Waals surface area contributed by atoms with Crippen LogP contribution < -0.4 is 21.1 Å². The fourth-order valence-corrected chi connectivity index (χ4v) is 7.36. The number of fused-ring (bicyclic) bond motifs is 2. The van der Waals surface area contributed by atoms with Crippen molar-refractivity contribution >= 4 is 23.2 Å². The number of morpholine rings is 1. The van der Waals surface area contributed by atoms with Gasteiger partial charge < -0.3 is 20.5 Å². The van der Waals surface area contributed by atoms with Crippen LogP contribution in [0.15, 0.2) is 83.6 Å². The van der Waals surface area contributed by atoms with Gasteiger partial charge in [-0.3, -0.25) is 19.5 Å². The summed E-state index contributed by atoms with van der Waals surface area (Å²) in [5.41, 5.74) is 11.9. The molecule has 7 rings (SSSR count). The first-order valence-corrected chi connectivity index (χ1v) is 18.5. The highest BCUT2D eigenvalue weighted by Gasteiger charge is 2.31. The molecule has 4 heterocycles. The Morgan fingerprint density at radius 1 is 1.04 bits per heavy atom. The van der Waals surface area contributed by atoms with Crippen LogP contribution in [0.4, 0.5) is 10.5 Å². The molecule has 12 heteroatoms. The molecule has 2 aromatic heterocycles. The average Bonchev–Trinajstić information content (AvgIpc) is 3.74. The van der Waals surface area contributed by atoms with E-state index in [2.05, 4.69) is 86.8 Å². The monoisotopic (exact) mass is 706 g/mol. The van der Waals surface area contributed by atoms with Crippen molar-refractivity contribution in [3.8, 4) is 5.75 Å². The van der Waals surface area contributed by atoms with Crippen LogP contribution in [-0.4, -0.2) is 76.2 Å². The van der Waals surface area contributed by atoms with Crippen LogP contribution in [0.1, 0.15) is 87.2 Å². The summed E-state index contributed by atoms with van der Waals surface area (Å²) in [6.45, 7) is 11.4. The summed E-state index contributed by atoms with van der Waals surface area (Å²) >= 11 is 0. The van der Waals surface area contributed by atoms with Gasteiger partial charge in [-0.1, -0.05) is 57.2 Å². The minimum absolute atomic E-state index is 0.164. The van der Waals surface area contributed by atoms with Gasteiger partial charge in [-0.25, -0.2) is 4.79 Å². The SMILES string of the molecule is CN1CCC[C@H]1c1nnc2ccc(O[C@@H]3CC[C@H](NC(=O)/N=C(\C=C(/N)C(C)(C)C)[NH2+]c4cccc(CN5CCOCC5)c4)c4ccccc43)cn12. The lowest BCUT2D eigenvalue weighted by Crippen LogP contribution is -2.82. The Kier molecular flexibility index (Phi) is 10.7. The van der Waals surface area contributed by atoms with Gasteiger partial charge in [0.15, 0.2) is 11.5 Å². The Morgan fingerprint density at radius 2 is 1.85 bits per heavy atom. The number of benzene rings is 2. The first-order valence-electron chi connectivity index (χ1n) is 18.5. The Bertz CT molecular complexity index is 1940. The standard InChI is InChI=1S/C40H51N9O3/c1-40(2,3)35(41)24-36(42-28-10-7-9-27(23-28)25-48-19-21-51-22-20-48)44-39(50)43-32-15-16-34(31-12-6-5-11-30(31)32)52-29-14-17-37-45-46-38(49(37)26-29)33-13-8-18-47(33)4/h5-7,9-12,14,17,23-24,26,32-34H,8,13,15-16,18-22,25,41H2,1-4H3,(H2,42,43,44,50)/p+1/b35-24-/t32-,33-,34+/m0/s1. The highest BCUT2D eigenvalue weighted by molar-refractivity contribution is 5.96. The zero-order valence-corrected chi connectivity index (χ0v) is 30.8. The van der Waals surface area contributed by atoms with Gasteiger partial charge in [-0.05, 0) is 74.2 Å². The smallest absolute Gasteiger partial charge is 0.346 e. The van der Waals surface area contributed by atoms with Crippen molar-refractivity contribution in [3.63, 3.8) is 0 Å². The number of nitrogens with zero attached hydrogens (tertiary/aromatic N) is 6. The zero-order chi connectivity index (χ0) is 36.2. The van der Waals surface area contributed by atoms with E-state index in [-0.39, 0.29) is 23.6 Å². The third-order valence-electron chi connectivity index (χ3n) is 10.4. The number of urea groups is 1. The number of aromatic nitrogens is 3. The van der Waals surface area contributed by atoms with Crippen LogP contribution in [0.2, 0.25) is 0 Å². The van der Waals surface area contributed by atoms with Gasteiger partial charge >= 0.3 is 6.03 Å². The number of quaternary nitrogens is 1. The van der Waals surface area contributed by atoms with E-state index in [1.54, 1.807) is 0 Å². The second-order valence-electron chi connectivity index (χ2n) is 15.3. The van der Waals surface area contributed by atoms with Gasteiger partial charge in [-0.2, -0.15) is 0 Å². The van der Waals surface area contributed by atoms with E-state index in [1.165, 1.54) is 5.56 Å². The van der Waals surface area contributed by atoms with Gasteiger partial charge in [0, 0.05) is 42.9 Å². The van der Waals surface area contributed by atoms with Crippen molar-refractivity contribution in [2.45, 2.75) is 71.2 Å². The fourth-order valence-electron chi connectivity index (χ4n) is 7.36. The van der Waals surface area contributed by atoms with E-state index >= 15 is 0 Å². The number of amides is 2. The second kappa shape index (κ2) is 15.5. The van der Waals surface area contributed by atoms with Gasteiger partial charge in [0.2, 0.25) is 5.84 Å². The van der Waals surface area contributed by atoms with Crippen LogP contribution in [-0.2, 0) is 11.3 Å². The highest BCUT2D eigenvalue weighted by atomic mass is 16.5. The fraction of sp³-hybridized carbons (Fsp3) is 0.450. The largest absolute Gasteiger partial charge is 0.484 e. The Morgan fingerprint density at radius 3 is 2.62 bits per heavy atom. The quantitative estimate of drug-likeness (QED) is 0.130. The summed E-state index contributed by atoms with van der Waals surface area (Å²) in [5, 5.41) is 14.1. The van der Waals surface area contributed by atoms with Gasteiger partial charge in [0.25, 0.3) is 0 Å². The molecule has 0 spiro atoms. The molecule has 274 valence electrons. The van der Waals surface area contributed by atoms with Crippen LogP contribution in [0, 0.1) is 5.41 Å². The summed E-state index contributed by atoms with van der Waals surface area (Å²) in [6.07, 6.45) is 7.32. The molecule has 12 nitrogen and oxygen atoms in total. The number of nitrogens with one attached hydrogen (secondary N) is 1. The van der Waals surface area contributed by atoms with Crippen LogP contribution in [0.25, 0.3) is 5.65 Å². The van der Waals surface area contributed by atoms with Gasteiger partial charge in [0.05, 0.1) is 31.5 Å². The van der Waals surface area contributed by atoms with E-state index in [9.17, 15) is 4.79 Å². The van der Waals surface area contributed by atoms with E-state index in [1.807, 2.05) is 54.0 Å². The first-order chi connectivity index (χ1) is 25.1. The normalized spacial score (nSPS) is 22.0. The molecule has 4 aromatic rings. The predicted octanol–water partition coefficient (Wildman–Crippen LogP) is 5.18. The number of pyridine rings is 1. The first kappa shape index (κ1) is 35.8. The maximum Gasteiger partial charge on any atom is 0.346 e. The number of ether oxygens (including phenoxy) is 2. The molecule has 0 radical (unpaired) electrons. The van der Waals surface area contributed by atoms with Gasteiger partial charge in [-0.15, -0.1) is 15.2 Å². The molecule has 52 heavy (non-hydrogen) atoms. The lowest BCUT2D eigenvalue weighted by molar-refractivity contribution is -0.441. The Labute approximate surface area is 306 Å². The van der Waals surface area contributed by atoms with Crippen molar-refractivity contribution in [3.05, 3.63) is 101 Å². The third kappa shape index (κ3) is 8.36. The van der Waals surface area contributed by atoms with Crippen LogP contribution in [0.5, 0.6) is 5.75 Å². The maximum absolute atomic E-state index is 13.7. The molecule has 2 aliphatic heterocycles. The minimum Gasteiger partial charge on any atom is -0.484 e. The number of carbonyl (C=O) groups is 1. The molecule has 2 saturated heterocycles. The summed E-state index contributed by atoms with van der Waals surface area (Å²) in [5.74, 6) is 2.22. The third-order valence-corrected chi connectivity index (χ3v) is 10.4. The maximum atomic E-state index is 13.7. The van der Waals surface area contributed by atoms with Crippen LogP contribution in [0.3, 0.4) is 0 Å². The number of rotatable bonds is 8. The summed E-state index contributed by atoms with van der Waals surface area (Å²) in [6, 6.07) is 20.1. The van der Waals surface area contributed by atoms with E-state index in [0.29, 0.717) is 18.0 Å². The molecule has 1 aliphatic carbocycles. The molecule has 5 N–H and O–H groups in total. The average molecular weight is 707 g/mol. The predicted molar refractivity (Wildman–Crippen MR) is 201 cm³/mol. The van der Waals surface area contributed by atoms with Crippen molar-refractivity contribution in [1.82, 2.24) is 29.7 Å². The van der Waals surface area contributed by atoms with Crippen molar-refractivity contribution in [1.29, 1.82) is 0 Å². The van der Waals surface area contributed by atoms with Crippen molar-refractivity contribution < 1.29 is 19.6 Å². The highest BCUT2D eigenvalue weighted by Crippen LogP contribution is 2.39. The molecule has 0 unspecified atom stereocenters. The second-order valence-corrected chi connectivity index (χ2v) is 15.3. The Hall–Kier alpha value is -4.62. The zero-order valence-electron chi connectivity index (χ0n) is 30.8. The molecule has 3 atom stereocenters. The number of hydrogen-bond donors (Lipinski definition) is 3. The molecule has 3 aliphatic rings. The Balaban J connectivity index is 1.07. The lowest BCUT2D eigenvalue weighted by atomic mass is 9.85. The lowest BCUT2D eigenvalue weighted by Gasteiger charge is -2.32. The van der Waals surface area contributed by atoms with E-state index in [4.69, 9.17) is 15.2 Å². The summed E-state index contributed by atoms with van der Waals surface area (Å²) in [4.78, 5) is 23.0. The number of amidine groups is 1. The van der Waals surface area contributed by atoms with E-state index in [0.717, 1.165) is 92.7 Å².